The molecule has 0 atom stereocenters. The van der Waals surface area contributed by atoms with Crippen LogP contribution in [-0.4, -0.2) is 29.5 Å². The summed E-state index contributed by atoms with van der Waals surface area (Å²) >= 11 is 5.58. The molecule has 0 bridgehead atoms. The van der Waals surface area contributed by atoms with E-state index in [1.807, 2.05) is 6.07 Å². The van der Waals surface area contributed by atoms with E-state index >= 15 is 0 Å². The van der Waals surface area contributed by atoms with Crippen LogP contribution in [0.2, 0.25) is 0 Å². The highest BCUT2D eigenvalue weighted by Crippen LogP contribution is 2.34. The molecule has 1 aliphatic rings. The summed E-state index contributed by atoms with van der Waals surface area (Å²) in [5.74, 6) is 0. The molecule has 3 heteroatoms. The molecule has 1 aromatic carbocycles. The number of para-hydroxylation sites is 1. The fourth-order valence-corrected chi connectivity index (χ4v) is 2.91. The van der Waals surface area contributed by atoms with E-state index < -0.39 is 0 Å². The molecule has 1 heterocycles. The van der Waals surface area contributed by atoms with Gasteiger partial charge in [0.05, 0.1) is 0 Å². The van der Waals surface area contributed by atoms with Crippen molar-refractivity contribution < 1.29 is 0 Å². The molecular formula is C15H20N2S. The first kappa shape index (κ1) is 13.1. The first-order chi connectivity index (χ1) is 8.42. The molecule has 0 aromatic heterocycles. The minimum atomic E-state index is 0.00674. The van der Waals surface area contributed by atoms with Crippen LogP contribution in [0.1, 0.15) is 20.3 Å². The Labute approximate surface area is 115 Å². The fourth-order valence-electron chi connectivity index (χ4n) is 2.42. The van der Waals surface area contributed by atoms with Crippen molar-refractivity contribution in [2.75, 3.05) is 19.0 Å². The molecule has 0 saturated carbocycles. The van der Waals surface area contributed by atoms with Crippen molar-refractivity contribution in [1.82, 2.24) is 4.90 Å². The first-order valence-corrected chi connectivity index (χ1v) is 6.60. The third-order valence-corrected chi connectivity index (χ3v) is 3.62. The number of thiocarbonyl (C=S) groups is 1. The zero-order valence-corrected chi connectivity index (χ0v) is 12.3. The predicted molar refractivity (Wildman–Crippen MR) is 82.0 cm³/mol. The molecule has 1 aromatic rings. The highest BCUT2D eigenvalue weighted by molar-refractivity contribution is 7.81. The van der Waals surface area contributed by atoms with Crippen LogP contribution in [-0.2, 0) is 0 Å². The van der Waals surface area contributed by atoms with E-state index in [9.17, 15) is 0 Å². The largest absolute Gasteiger partial charge is 0.381 e. The Morgan fingerprint density at radius 1 is 1.17 bits per heavy atom. The van der Waals surface area contributed by atoms with Gasteiger partial charge in [0.2, 0.25) is 0 Å². The average Bonchev–Trinajstić information content (AvgIpc) is 2.28. The van der Waals surface area contributed by atoms with E-state index in [0.29, 0.717) is 0 Å². The second kappa shape index (κ2) is 4.73. The van der Waals surface area contributed by atoms with Crippen LogP contribution in [0.25, 0.3) is 0 Å². The second-order valence-corrected chi connectivity index (χ2v) is 5.95. The van der Waals surface area contributed by atoms with Gasteiger partial charge in [-0.2, -0.15) is 0 Å². The standard InChI is InChI=1S/C15H20N2S/c1-15(2)11-13(16(3)4)10-14(18)17(15)12-8-6-5-7-9-12/h5-10H,11H2,1-4H3. The van der Waals surface area contributed by atoms with Gasteiger partial charge < -0.3 is 9.80 Å². The van der Waals surface area contributed by atoms with Crippen LogP contribution < -0.4 is 4.90 Å². The number of anilines is 1. The van der Waals surface area contributed by atoms with Gasteiger partial charge in [-0.25, -0.2) is 0 Å². The Hall–Kier alpha value is -1.35. The normalized spacial score (nSPS) is 18.6. The van der Waals surface area contributed by atoms with Crippen molar-refractivity contribution in [2.24, 2.45) is 0 Å². The van der Waals surface area contributed by atoms with Gasteiger partial charge in [-0.05, 0) is 32.1 Å². The molecule has 1 aliphatic heterocycles. The topological polar surface area (TPSA) is 6.48 Å². The summed E-state index contributed by atoms with van der Waals surface area (Å²) in [6.45, 7) is 4.48. The van der Waals surface area contributed by atoms with Gasteiger partial charge in [0.1, 0.15) is 4.99 Å². The lowest BCUT2D eigenvalue weighted by Crippen LogP contribution is -2.50. The molecule has 96 valence electrons. The molecule has 0 fully saturated rings. The van der Waals surface area contributed by atoms with E-state index in [-0.39, 0.29) is 5.54 Å². The van der Waals surface area contributed by atoms with E-state index in [1.54, 1.807) is 0 Å². The smallest absolute Gasteiger partial charge is 0.108 e. The summed E-state index contributed by atoms with van der Waals surface area (Å²) in [5, 5.41) is 0. The maximum Gasteiger partial charge on any atom is 0.108 e. The lowest BCUT2D eigenvalue weighted by molar-refractivity contribution is 0.409. The van der Waals surface area contributed by atoms with Gasteiger partial charge in [0, 0.05) is 37.4 Å². The lowest BCUT2D eigenvalue weighted by atomic mass is 9.91. The second-order valence-electron chi connectivity index (χ2n) is 5.53. The number of hydrogen-bond donors (Lipinski definition) is 0. The van der Waals surface area contributed by atoms with E-state index in [4.69, 9.17) is 12.2 Å². The molecule has 0 saturated heterocycles. The Balaban J connectivity index is 2.41. The number of rotatable bonds is 2. The van der Waals surface area contributed by atoms with Crippen molar-refractivity contribution in [1.29, 1.82) is 0 Å². The number of hydrogen-bond acceptors (Lipinski definition) is 2. The number of nitrogens with zero attached hydrogens (tertiary/aromatic N) is 2. The SMILES string of the molecule is CN(C)C1=CC(=S)N(c2ccccc2)C(C)(C)C1. The Morgan fingerprint density at radius 2 is 1.78 bits per heavy atom. The Kier molecular flexibility index (Phi) is 3.44. The monoisotopic (exact) mass is 260 g/mol. The molecule has 0 amide bonds. The van der Waals surface area contributed by atoms with Crippen LogP contribution in [0.4, 0.5) is 5.69 Å². The van der Waals surface area contributed by atoms with Crippen molar-refractivity contribution in [2.45, 2.75) is 25.8 Å². The molecule has 0 aliphatic carbocycles. The van der Waals surface area contributed by atoms with Crippen LogP contribution >= 0.6 is 12.2 Å². The van der Waals surface area contributed by atoms with Gasteiger partial charge in [-0.1, -0.05) is 30.4 Å². The van der Waals surface area contributed by atoms with Gasteiger partial charge in [-0.3, -0.25) is 0 Å². The number of benzene rings is 1. The van der Waals surface area contributed by atoms with E-state index in [2.05, 4.69) is 68.1 Å². The quantitative estimate of drug-likeness (QED) is 0.752. The van der Waals surface area contributed by atoms with Gasteiger partial charge in [0.25, 0.3) is 0 Å². The first-order valence-electron chi connectivity index (χ1n) is 6.19. The Morgan fingerprint density at radius 3 is 2.28 bits per heavy atom. The van der Waals surface area contributed by atoms with Crippen LogP contribution in [0.5, 0.6) is 0 Å². The average molecular weight is 260 g/mol. The summed E-state index contributed by atoms with van der Waals surface area (Å²) in [4.78, 5) is 5.28. The van der Waals surface area contributed by atoms with Crippen molar-refractivity contribution in [3.63, 3.8) is 0 Å². The third-order valence-electron chi connectivity index (χ3n) is 3.32. The van der Waals surface area contributed by atoms with Gasteiger partial charge in [-0.15, -0.1) is 0 Å². The van der Waals surface area contributed by atoms with Crippen molar-refractivity contribution in [3.8, 4) is 0 Å². The zero-order valence-electron chi connectivity index (χ0n) is 11.5. The maximum absolute atomic E-state index is 5.58. The highest BCUT2D eigenvalue weighted by Gasteiger charge is 2.34. The van der Waals surface area contributed by atoms with Crippen molar-refractivity contribution in [3.05, 3.63) is 42.1 Å². The molecule has 0 spiro atoms. The van der Waals surface area contributed by atoms with Gasteiger partial charge >= 0.3 is 0 Å². The molecule has 0 radical (unpaired) electrons. The van der Waals surface area contributed by atoms with Gasteiger partial charge in [0.15, 0.2) is 0 Å². The minimum absolute atomic E-state index is 0.00674. The molecule has 0 N–H and O–H groups in total. The molecule has 0 unspecified atom stereocenters. The fraction of sp³-hybridized carbons (Fsp3) is 0.400. The summed E-state index contributed by atoms with van der Waals surface area (Å²) in [5.41, 5.74) is 2.46. The summed E-state index contributed by atoms with van der Waals surface area (Å²) in [6, 6.07) is 10.4. The summed E-state index contributed by atoms with van der Waals surface area (Å²) in [6.07, 6.45) is 3.10. The predicted octanol–water partition coefficient (Wildman–Crippen LogP) is 3.45. The van der Waals surface area contributed by atoms with Crippen molar-refractivity contribution >= 4 is 22.9 Å². The molecular weight excluding hydrogens is 240 g/mol. The molecule has 2 nitrogen and oxygen atoms in total. The summed E-state index contributed by atoms with van der Waals surface area (Å²) < 4.78 is 0. The summed E-state index contributed by atoms with van der Waals surface area (Å²) in [7, 11) is 4.14. The van der Waals surface area contributed by atoms with Crippen LogP contribution in [0.3, 0.4) is 0 Å². The highest BCUT2D eigenvalue weighted by atomic mass is 32.1. The molecule has 2 rings (SSSR count). The minimum Gasteiger partial charge on any atom is -0.381 e. The van der Waals surface area contributed by atoms with Crippen LogP contribution in [0, 0.1) is 0 Å². The van der Waals surface area contributed by atoms with Crippen LogP contribution in [0.15, 0.2) is 42.1 Å². The third kappa shape index (κ3) is 2.41. The zero-order chi connectivity index (χ0) is 13.3. The Bertz CT molecular complexity index is 475. The maximum atomic E-state index is 5.58. The van der Waals surface area contributed by atoms with E-state index in [1.165, 1.54) is 11.4 Å². The molecule has 18 heavy (non-hydrogen) atoms. The van der Waals surface area contributed by atoms with E-state index in [0.717, 1.165) is 11.4 Å². The lowest BCUT2D eigenvalue weighted by Gasteiger charge is -2.44.